The lowest BCUT2D eigenvalue weighted by atomic mass is 9.97. The van der Waals surface area contributed by atoms with Gasteiger partial charge in [0.2, 0.25) is 0 Å². The van der Waals surface area contributed by atoms with Gasteiger partial charge in [0, 0.05) is 24.2 Å². The van der Waals surface area contributed by atoms with Crippen LogP contribution in [0.2, 0.25) is 5.02 Å². The highest BCUT2D eigenvalue weighted by Crippen LogP contribution is 2.26. The molecule has 2 rings (SSSR count). The van der Waals surface area contributed by atoms with Gasteiger partial charge in [-0.3, -0.25) is 14.9 Å². The summed E-state index contributed by atoms with van der Waals surface area (Å²) >= 11 is 5.85. The van der Waals surface area contributed by atoms with Crippen LogP contribution in [-0.4, -0.2) is 35.4 Å². The molecular formula is C13H16ClN3O3. The van der Waals surface area contributed by atoms with Crippen LogP contribution in [0.1, 0.15) is 23.2 Å². The molecule has 1 aliphatic heterocycles. The van der Waals surface area contributed by atoms with Crippen molar-refractivity contribution in [2.75, 3.05) is 19.6 Å². The van der Waals surface area contributed by atoms with Crippen molar-refractivity contribution in [2.45, 2.75) is 12.8 Å². The van der Waals surface area contributed by atoms with E-state index in [1.165, 1.54) is 18.2 Å². The van der Waals surface area contributed by atoms with E-state index in [1.54, 1.807) is 4.90 Å². The van der Waals surface area contributed by atoms with Crippen molar-refractivity contribution in [1.29, 1.82) is 0 Å². The van der Waals surface area contributed by atoms with Crippen molar-refractivity contribution in [3.8, 4) is 0 Å². The van der Waals surface area contributed by atoms with Gasteiger partial charge in [-0.15, -0.1) is 0 Å². The molecule has 0 aromatic heterocycles. The predicted molar refractivity (Wildman–Crippen MR) is 75.8 cm³/mol. The van der Waals surface area contributed by atoms with Crippen molar-refractivity contribution in [3.63, 3.8) is 0 Å². The Morgan fingerprint density at radius 3 is 2.95 bits per heavy atom. The smallest absolute Gasteiger partial charge is 0.282 e. The zero-order chi connectivity index (χ0) is 14.7. The molecule has 20 heavy (non-hydrogen) atoms. The fourth-order valence-corrected chi connectivity index (χ4v) is 2.62. The summed E-state index contributed by atoms with van der Waals surface area (Å²) in [6, 6.07) is 4.03. The maximum atomic E-state index is 12.5. The van der Waals surface area contributed by atoms with Gasteiger partial charge in [-0.1, -0.05) is 11.6 Å². The number of rotatable bonds is 3. The molecule has 2 N–H and O–H groups in total. The molecule has 1 amide bonds. The molecule has 0 saturated carbocycles. The average molecular weight is 298 g/mol. The van der Waals surface area contributed by atoms with Crippen LogP contribution in [0.4, 0.5) is 5.69 Å². The normalized spacial score (nSPS) is 18.9. The molecule has 1 unspecified atom stereocenters. The molecule has 1 aromatic rings. The molecule has 1 aromatic carbocycles. The molecule has 0 bridgehead atoms. The second-order valence-corrected chi connectivity index (χ2v) is 5.35. The molecule has 108 valence electrons. The largest absolute Gasteiger partial charge is 0.338 e. The Balaban J connectivity index is 2.28. The fraction of sp³-hybridized carbons (Fsp3) is 0.462. The van der Waals surface area contributed by atoms with E-state index in [-0.39, 0.29) is 23.1 Å². The summed E-state index contributed by atoms with van der Waals surface area (Å²) in [4.78, 5) is 24.5. The van der Waals surface area contributed by atoms with E-state index < -0.39 is 4.92 Å². The fourth-order valence-electron chi connectivity index (χ4n) is 2.45. The lowest BCUT2D eigenvalue weighted by Crippen LogP contribution is -2.42. The average Bonchev–Trinajstić information content (AvgIpc) is 2.46. The molecule has 0 radical (unpaired) electrons. The number of likely N-dealkylation sites (tertiary alicyclic amines) is 1. The van der Waals surface area contributed by atoms with Gasteiger partial charge in [-0.2, -0.15) is 0 Å². The van der Waals surface area contributed by atoms with Crippen molar-refractivity contribution in [2.24, 2.45) is 11.7 Å². The third-order valence-electron chi connectivity index (χ3n) is 3.53. The Morgan fingerprint density at radius 2 is 2.30 bits per heavy atom. The van der Waals surface area contributed by atoms with Crippen LogP contribution >= 0.6 is 11.6 Å². The Labute approximate surface area is 121 Å². The Hall–Kier alpha value is -1.66. The Bertz CT molecular complexity index is 536. The van der Waals surface area contributed by atoms with Gasteiger partial charge in [0.15, 0.2) is 0 Å². The molecule has 1 aliphatic rings. The summed E-state index contributed by atoms with van der Waals surface area (Å²) in [7, 11) is 0. The summed E-state index contributed by atoms with van der Waals surface area (Å²) in [6.45, 7) is 1.65. The van der Waals surface area contributed by atoms with Crippen LogP contribution in [-0.2, 0) is 0 Å². The highest BCUT2D eigenvalue weighted by atomic mass is 35.5. The number of hydrogen-bond donors (Lipinski definition) is 1. The van der Waals surface area contributed by atoms with Crippen LogP contribution in [0.15, 0.2) is 18.2 Å². The molecule has 1 heterocycles. The number of nitro benzene ring substituents is 1. The summed E-state index contributed by atoms with van der Waals surface area (Å²) in [6.07, 6.45) is 1.85. The van der Waals surface area contributed by atoms with Crippen LogP contribution in [0.25, 0.3) is 0 Å². The van der Waals surface area contributed by atoms with Crippen molar-refractivity contribution < 1.29 is 9.72 Å². The van der Waals surface area contributed by atoms with Crippen molar-refractivity contribution in [1.82, 2.24) is 4.90 Å². The number of carbonyl (C=O) groups is 1. The monoisotopic (exact) mass is 297 g/mol. The second kappa shape index (κ2) is 6.19. The van der Waals surface area contributed by atoms with Gasteiger partial charge in [0.1, 0.15) is 5.56 Å². The first-order valence-corrected chi connectivity index (χ1v) is 6.84. The van der Waals surface area contributed by atoms with Gasteiger partial charge in [0.05, 0.1) is 4.92 Å². The number of carbonyl (C=O) groups excluding carboxylic acids is 1. The van der Waals surface area contributed by atoms with Gasteiger partial charge in [-0.25, -0.2) is 0 Å². The lowest BCUT2D eigenvalue weighted by molar-refractivity contribution is -0.385. The minimum atomic E-state index is -0.562. The molecule has 6 nitrogen and oxygen atoms in total. The third-order valence-corrected chi connectivity index (χ3v) is 3.76. The minimum Gasteiger partial charge on any atom is -0.338 e. The Kier molecular flexibility index (Phi) is 4.57. The van der Waals surface area contributed by atoms with Gasteiger partial charge in [-0.05, 0) is 37.4 Å². The number of nitrogens with zero attached hydrogens (tertiary/aromatic N) is 2. The van der Waals surface area contributed by atoms with Gasteiger partial charge < -0.3 is 10.6 Å². The lowest BCUT2D eigenvalue weighted by Gasteiger charge is -2.32. The van der Waals surface area contributed by atoms with Crippen molar-refractivity contribution >= 4 is 23.2 Å². The number of nitro groups is 1. The summed E-state index contributed by atoms with van der Waals surface area (Å²) in [5, 5.41) is 11.3. The van der Waals surface area contributed by atoms with E-state index in [2.05, 4.69) is 0 Å². The zero-order valence-electron chi connectivity index (χ0n) is 10.9. The number of benzene rings is 1. The summed E-state index contributed by atoms with van der Waals surface area (Å²) < 4.78 is 0. The number of hydrogen-bond acceptors (Lipinski definition) is 4. The predicted octanol–water partition coefficient (Wildman–Crippen LogP) is 2.06. The van der Waals surface area contributed by atoms with Crippen LogP contribution in [0.3, 0.4) is 0 Å². The maximum Gasteiger partial charge on any atom is 0.282 e. The summed E-state index contributed by atoms with van der Waals surface area (Å²) in [5.74, 6) is -0.0942. The van der Waals surface area contributed by atoms with E-state index in [0.29, 0.717) is 24.7 Å². The topological polar surface area (TPSA) is 89.5 Å². The first kappa shape index (κ1) is 14.7. The minimum absolute atomic E-state index is 0.0418. The standard InChI is InChI=1S/C13H16ClN3O3/c14-10-3-4-12(17(19)20)11(6-10)13(18)16-5-1-2-9(7-15)8-16/h3-4,6,9H,1-2,5,7-8,15H2. The van der Waals surface area contributed by atoms with E-state index in [9.17, 15) is 14.9 Å². The highest BCUT2D eigenvalue weighted by Gasteiger charge is 2.28. The third kappa shape index (κ3) is 3.08. The van der Waals surface area contributed by atoms with E-state index in [0.717, 1.165) is 12.8 Å². The molecule has 0 spiro atoms. The van der Waals surface area contributed by atoms with E-state index in [1.807, 2.05) is 0 Å². The quantitative estimate of drug-likeness (QED) is 0.683. The molecule has 1 atom stereocenters. The van der Waals surface area contributed by atoms with Gasteiger partial charge in [0.25, 0.3) is 11.6 Å². The van der Waals surface area contributed by atoms with Gasteiger partial charge >= 0.3 is 0 Å². The Morgan fingerprint density at radius 1 is 1.55 bits per heavy atom. The van der Waals surface area contributed by atoms with E-state index >= 15 is 0 Å². The number of amides is 1. The first-order chi connectivity index (χ1) is 9.52. The van der Waals surface area contributed by atoms with E-state index in [4.69, 9.17) is 17.3 Å². The molecule has 7 heteroatoms. The van der Waals surface area contributed by atoms with Crippen LogP contribution in [0.5, 0.6) is 0 Å². The second-order valence-electron chi connectivity index (χ2n) is 4.91. The summed E-state index contributed by atoms with van der Waals surface area (Å²) in [5.41, 5.74) is 5.47. The first-order valence-electron chi connectivity index (χ1n) is 6.46. The molecule has 0 aliphatic carbocycles. The molecular weight excluding hydrogens is 282 g/mol. The van der Waals surface area contributed by atoms with Crippen molar-refractivity contribution in [3.05, 3.63) is 38.9 Å². The molecule has 1 fully saturated rings. The SMILES string of the molecule is NCC1CCCN(C(=O)c2cc(Cl)ccc2[N+](=O)[O-])C1. The van der Waals surface area contributed by atoms with Crippen LogP contribution in [0, 0.1) is 16.0 Å². The zero-order valence-corrected chi connectivity index (χ0v) is 11.7. The molecule has 1 saturated heterocycles. The maximum absolute atomic E-state index is 12.5. The number of halogens is 1. The van der Waals surface area contributed by atoms with Crippen LogP contribution < -0.4 is 5.73 Å². The number of piperidine rings is 1. The number of nitrogens with two attached hydrogens (primary N) is 1. The highest BCUT2D eigenvalue weighted by molar-refractivity contribution is 6.31.